The molecule has 1 heterocycles. The quantitative estimate of drug-likeness (QED) is 0.422. The van der Waals surface area contributed by atoms with Gasteiger partial charge in [-0.2, -0.15) is 0 Å². The largest absolute Gasteiger partial charge is 0.354 e. The summed E-state index contributed by atoms with van der Waals surface area (Å²) in [5.41, 5.74) is 3.68. The van der Waals surface area contributed by atoms with Crippen molar-refractivity contribution in [2.45, 2.75) is 25.7 Å². The number of aryl methyl sites for hydroxylation is 1. The van der Waals surface area contributed by atoms with Gasteiger partial charge in [0, 0.05) is 26.0 Å². The standard InChI is InChI=1S/C9H17N3O2S/c1-6-11-7(5-15-6)4-8(12-10)9(13-2)14-3/h5,8-9,12H,4,10H2,1-3H3. The number of nitrogens with two attached hydrogens (primary N) is 1. The zero-order valence-electron chi connectivity index (χ0n) is 9.19. The first-order chi connectivity index (χ1) is 7.21. The van der Waals surface area contributed by atoms with E-state index in [0.29, 0.717) is 6.42 Å². The molecule has 0 aliphatic carbocycles. The lowest BCUT2D eigenvalue weighted by molar-refractivity contribution is -0.122. The molecule has 15 heavy (non-hydrogen) atoms. The highest BCUT2D eigenvalue weighted by molar-refractivity contribution is 7.09. The Kier molecular flexibility index (Phi) is 5.13. The first kappa shape index (κ1) is 12.5. The van der Waals surface area contributed by atoms with Gasteiger partial charge in [0.1, 0.15) is 0 Å². The van der Waals surface area contributed by atoms with Gasteiger partial charge in [0.25, 0.3) is 0 Å². The summed E-state index contributed by atoms with van der Waals surface area (Å²) in [5.74, 6) is 5.45. The van der Waals surface area contributed by atoms with Crippen molar-refractivity contribution in [1.29, 1.82) is 0 Å². The molecule has 0 saturated heterocycles. The van der Waals surface area contributed by atoms with E-state index in [-0.39, 0.29) is 12.3 Å². The lowest BCUT2D eigenvalue weighted by Gasteiger charge is -2.23. The van der Waals surface area contributed by atoms with Gasteiger partial charge < -0.3 is 9.47 Å². The van der Waals surface area contributed by atoms with E-state index in [1.807, 2.05) is 12.3 Å². The molecule has 1 unspecified atom stereocenters. The summed E-state index contributed by atoms with van der Waals surface area (Å²) in [4.78, 5) is 4.36. The zero-order valence-corrected chi connectivity index (χ0v) is 10.0. The highest BCUT2D eigenvalue weighted by Gasteiger charge is 2.20. The molecule has 0 aromatic carbocycles. The molecule has 1 aromatic rings. The molecule has 0 spiro atoms. The van der Waals surface area contributed by atoms with Gasteiger partial charge in [-0.15, -0.1) is 11.3 Å². The van der Waals surface area contributed by atoms with Gasteiger partial charge in [-0.05, 0) is 6.92 Å². The normalized spacial score (nSPS) is 13.4. The van der Waals surface area contributed by atoms with Crippen molar-refractivity contribution >= 4 is 11.3 Å². The van der Waals surface area contributed by atoms with Crippen molar-refractivity contribution < 1.29 is 9.47 Å². The topological polar surface area (TPSA) is 69.4 Å². The van der Waals surface area contributed by atoms with Gasteiger partial charge in [0.05, 0.1) is 16.7 Å². The number of nitrogens with zero attached hydrogens (tertiary/aromatic N) is 1. The Morgan fingerprint density at radius 1 is 1.53 bits per heavy atom. The van der Waals surface area contributed by atoms with Crippen molar-refractivity contribution in [3.05, 3.63) is 16.1 Å². The number of thiazole rings is 1. The fourth-order valence-corrected chi connectivity index (χ4v) is 2.01. The summed E-state index contributed by atoms with van der Waals surface area (Å²) in [5, 5.41) is 3.06. The minimum absolute atomic E-state index is 0.0958. The molecule has 86 valence electrons. The molecule has 5 nitrogen and oxygen atoms in total. The van der Waals surface area contributed by atoms with E-state index in [0.717, 1.165) is 10.7 Å². The number of ether oxygens (including phenoxy) is 2. The van der Waals surface area contributed by atoms with Gasteiger partial charge in [0.2, 0.25) is 0 Å². The van der Waals surface area contributed by atoms with Crippen LogP contribution < -0.4 is 11.3 Å². The zero-order chi connectivity index (χ0) is 11.3. The van der Waals surface area contributed by atoms with Crippen LogP contribution in [0, 0.1) is 6.92 Å². The average Bonchev–Trinajstić information content (AvgIpc) is 2.64. The molecule has 0 saturated carbocycles. The van der Waals surface area contributed by atoms with Gasteiger partial charge >= 0.3 is 0 Å². The Hall–Kier alpha value is -0.530. The van der Waals surface area contributed by atoms with Crippen molar-refractivity contribution in [2.75, 3.05) is 14.2 Å². The minimum Gasteiger partial charge on any atom is -0.354 e. The summed E-state index contributed by atoms with van der Waals surface area (Å²) in [6, 6.07) is -0.0958. The van der Waals surface area contributed by atoms with Crippen LogP contribution >= 0.6 is 11.3 Å². The summed E-state index contributed by atoms with van der Waals surface area (Å²) < 4.78 is 10.3. The maximum absolute atomic E-state index is 5.45. The van der Waals surface area contributed by atoms with E-state index in [4.69, 9.17) is 15.3 Å². The molecule has 0 radical (unpaired) electrons. The second-order valence-electron chi connectivity index (χ2n) is 3.17. The number of hydrazine groups is 1. The summed E-state index contributed by atoms with van der Waals surface area (Å²) in [7, 11) is 3.18. The van der Waals surface area contributed by atoms with Crippen LogP contribution in [0.5, 0.6) is 0 Å². The number of rotatable bonds is 6. The fourth-order valence-electron chi connectivity index (χ4n) is 1.39. The Balaban J connectivity index is 2.60. The average molecular weight is 231 g/mol. The van der Waals surface area contributed by atoms with Gasteiger partial charge in [-0.1, -0.05) is 0 Å². The smallest absolute Gasteiger partial charge is 0.173 e. The van der Waals surface area contributed by atoms with E-state index in [2.05, 4.69) is 10.4 Å². The van der Waals surface area contributed by atoms with Crippen LogP contribution in [-0.2, 0) is 15.9 Å². The fraction of sp³-hybridized carbons (Fsp3) is 0.667. The SMILES string of the molecule is COC(OC)C(Cc1csc(C)n1)NN. The summed E-state index contributed by atoms with van der Waals surface area (Å²) in [6.07, 6.45) is 0.324. The minimum atomic E-state index is -0.364. The van der Waals surface area contributed by atoms with Crippen LogP contribution in [0.2, 0.25) is 0 Å². The molecule has 0 aliphatic rings. The highest BCUT2D eigenvalue weighted by Crippen LogP contribution is 2.12. The predicted molar refractivity (Wildman–Crippen MR) is 59.5 cm³/mol. The Labute approximate surface area is 93.6 Å². The van der Waals surface area contributed by atoms with Gasteiger partial charge in [0.15, 0.2) is 6.29 Å². The Morgan fingerprint density at radius 3 is 2.60 bits per heavy atom. The maximum Gasteiger partial charge on any atom is 0.173 e. The molecule has 0 aliphatic heterocycles. The lowest BCUT2D eigenvalue weighted by Crippen LogP contribution is -2.47. The van der Waals surface area contributed by atoms with Crippen LogP contribution in [0.15, 0.2) is 5.38 Å². The molecular formula is C9H17N3O2S. The first-order valence-electron chi connectivity index (χ1n) is 4.64. The van der Waals surface area contributed by atoms with E-state index in [1.54, 1.807) is 25.6 Å². The van der Waals surface area contributed by atoms with Crippen LogP contribution in [0.3, 0.4) is 0 Å². The predicted octanol–water partition coefficient (Wildman–Crippen LogP) is 0.445. The maximum atomic E-state index is 5.45. The third-order valence-electron chi connectivity index (χ3n) is 2.10. The Morgan fingerprint density at radius 2 is 2.20 bits per heavy atom. The molecule has 0 amide bonds. The molecule has 1 atom stereocenters. The van der Waals surface area contributed by atoms with Crippen LogP contribution in [0.25, 0.3) is 0 Å². The van der Waals surface area contributed by atoms with E-state index in [1.165, 1.54) is 0 Å². The molecule has 1 aromatic heterocycles. The number of hydrogen-bond donors (Lipinski definition) is 2. The first-order valence-corrected chi connectivity index (χ1v) is 5.52. The number of aromatic nitrogens is 1. The van der Waals surface area contributed by atoms with Crippen molar-refractivity contribution in [3.63, 3.8) is 0 Å². The van der Waals surface area contributed by atoms with Gasteiger partial charge in [-0.25, -0.2) is 4.98 Å². The second kappa shape index (κ2) is 6.14. The molecule has 6 heteroatoms. The number of nitrogens with one attached hydrogen (secondary N) is 1. The highest BCUT2D eigenvalue weighted by atomic mass is 32.1. The third kappa shape index (κ3) is 3.51. The molecule has 0 fully saturated rings. The van der Waals surface area contributed by atoms with Gasteiger partial charge in [-0.3, -0.25) is 11.3 Å². The van der Waals surface area contributed by atoms with Crippen LogP contribution in [0.4, 0.5) is 0 Å². The second-order valence-corrected chi connectivity index (χ2v) is 4.24. The molecule has 1 rings (SSSR count). The Bertz CT molecular complexity index is 289. The van der Waals surface area contributed by atoms with Crippen LogP contribution in [-0.4, -0.2) is 31.5 Å². The summed E-state index contributed by atoms with van der Waals surface area (Å²) >= 11 is 1.62. The lowest BCUT2D eigenvalue weighted by atomic mass is 10.1. The van der Waals surface area contributed by atoms with E-state index >= 15 is 0 Å². The molecule has 0 bridgehead atoms. The van der Waals surface area contributed by atoms with Crippen molar-refractivity contribution in [1.82, 2.24) is 10.4 Å². The number of hydrogen-bond acceptors (Lipinski definition) is 6. The van der Waals surface area contributed by atoms with Crippen molar-refractivity contribution in [2.24, 2.45) is 5.84 Å². The van der Waals surface area contributed by atoms with E-state index in [9.17, 15) is 0 Å². The third-order valence-corrected chi connectivity index (χ3v) is 2.93. The summed E-state index contributed by atoms with van der Waals surface area (Å²) in [6.45, 7) is 1.98. The molecular weight excluding hydrogens is 214 g/mol. The monoisotopic (exact) mass is 231 g/mol. The van der Waals surface area contributed by atoms with E-state index < -0.39 is 0 Å². The van der Waals surface area contributed by atoms with Crippen LogP contribution in [0.1, 0.15) is 10.7 Å². The molecule has 3 N–H and O–H groups in total. The van der Waals surface area contributed by atoms with Crippen molar-refractivity contribution in [3.8, 4) is 0 Å². The number of methoxy groups -OCH3 is 2.